The molecule has 0 spiro atoms. The molecular weight excluding hydrogens is 541 g/mol. The molecule has 0 bridgehead atoms. The van der Waals surface area contributed by atoms with Crippen LogP contribution in [0.5, 0.6) is 0 Å². The van der Waals surface area contributed by atoms with Crippen LogP contribution in [0.2, 0.25) is 0 Å². The monoisotopic (exact) mass is 567 g/mol. The lowest BCUT2D eigenvalue weighted by Crippen LogP contribution is -2.34. The highest BCUT2D eigenvalue weighted by molar-refractivity contribution is 7.80. The number of anilines is 1. The van der Waals surface area contributed by atoms with Crippen molar-refractivity contribution in [2.24, 2.45) is 0 Å². The van der Waals surface area contributed by atoms with Gasteiger partial charge in [0.15, 0.2) is 5.11 Å². The Balaban J connectivity index is 1.44. The van der Waals surface area contributed by atoms with Gasteiger partial charge >= 0.3 is 5.97 Å². The summed E-state index contributed by atoms with van der Waals surface area (Å²) < 4.78 is 22.9. The molecule has 0 aliphatic carbocycles. The van der Waals surface area contributed by atoms with Crippen LogP contribution in [-0.4, -0.2) is 38.4 Å². The number of nitrogens with one attached hydrogen (secondary N) is 2. The maximum atomic E-state index is 14.7. The first-order chi connectivity index (χ1) is 19.8. The number of benzene rings is 3. The minimum Gasteiger partial charge on any atom is -0.465 e. The zero-order chi connectivity index (χ0) is 29.1. The number of hydrogen-bond donors (Lipinski definition) is 2. The SMILES string of the molecule is COC(=O)c1ccc(C(=O)NC(=S)Nc2cc(-c3cc(C)n(-c4ccccc4F)c3C)nn2-c2ccccc2)cc1. The van der Waals surface area contributed by atoms with Gasteiger partial charge in [-0.05, 0) is 80.7 Å². The molecule has 0 saturated heterocycles. The van der Waals surface area contributed by atoms with Gasteiger partial charge in [-0.3, -0.25) is 10.1 Å². The van der Waals surface area contributed by atoms with Crippen LogP contribution in [0, 0.1) is 19.7 Å². The van der Waals surface area contributed by atoms with Gasteiger partial charge in [0.1, 0.15) is 11.6 Å². The molecule has 0 radical (unpaired) electrons. The number of nitrogens with zero attached hydrogens (tertiary/aromatic N) is 3. The minimum atomic E-state index is -0.492. The van der Waals surface area contributed by atoms with Crippen LogP contribution in [0.3, 0.4) is 0 Å². The lowest BCUT2D eigenvalue weighted by Gasteiger charge is -2.11. The quantitative estimate of drug-likeness (QED) is 0.193. The lowest BCUT2D eigenvalue weighted by atomic mass is 10.1. The molecule has 0 fully saturated rings. The molecule has 2 N–H and O–H groups in total. The van der Waals surface area contributed by atoms with Gasteiger partial charge in [-0.2, -0.15) is 5.10 Å². The highest BCUT2D eigenvalue weighted by Crippen LogP contribution is 2.32. The molecule has 8 nitrogen and oxygen atoms in total. The average Bonchev–Trinajstić information content (AvgIpc) is 3.52. The molecule has 0 saturated carbocycles. The zero-order valence-corrected chi connectivity index (χ0v) is 23.3. The molecule has 5 rings (SSSR count). The number of aryl methyl sites for hydroxylation is 1. The van der Waals surface area contributed by atoms with Gasteiger partial charge in [-0.15, -0.1) is 0 Å². The van der Waals surface area contributed by atoms with Crippen LogP contribution in [0.15, 0.2) is 91.0 Å². The molecule has 3 aromatic carbocycles. The van der Waals surface area contributed by atoms with Crippen molar-refractivity contribution in [3.63, 3.8) is 0 Å². The highest BCUT2D eigenvalue weighted by Gasteiger charge is 2.20. The molecule has 2 heterocycles. The molecule has 0 aliphatic heterocycles. The van der Waals surface area contributed by atoms with Crippen molar-refractivity contribution < 1.29 is 18.7 Å². The zero-order valence-electron chi connectivity index (χ0n) is 22.5. The molecule has 2 aromatic heterocycles. The van der Waals surface area contributed by atoms with Gasteiger partial charge in [-0.1, -0.05) is 30.3 Å². The Hall–Kier alpha value is -5.09. The molecule has 1 amide bonds. The van der Waals surface area contributed by atoms with Gasteiger partial charge in [-0.25, -0.2) is 13.9 Å². The molecule has 10 heteroatoms. The van der Waals surface area contributed by atoms with Crippen LogP contribution < -0.4 is 10.6 Å². The van der Waals surface area contributed by atoms with E-state index in [1.165, 1.54) is 37.4 Å². The van der Waals surface area contributed by atoms with Crippen molar-refractivity contribution in [1.82, 2.24) is 19.7 Å². The van der Waals surface area contributed by atoms with E-state index >= 15 is 0 Å². The van der Waals surface area contributed by atoms with E-state index in [0.29, 0.717) is 28.3 Å². The van der Waals surface area contributed by atoms with E-state index in [0.717, 1.165) is 22.6 Å². The molecule has 0 aliphatic rings. The molecule has 0 atom stereocenters. The van der Waals surface area contributed by atoms with E-state index in [4.69, 9.17) is 22.1 Å². The van der Waals surface area contributed by atoms with Gasteiger partial charge in [0.25, 0.3) is 5.91 Å². The summed E-state index contributed by atoms with van der Waals surface area (Å²) in [5.74, 6) is -0.737. The van der Waals surface area contributed by atoms with Crippen molar-refractivity contribution in [1.29, 1.82) is 0 Å². The number of para-hydroxylation sites is 2. The lowest BCUT2D eigenvalue weighted by molar-refractivity contribution is 0.0600. The molecule has 206 valence electrons. The second kappa shape index (κ2) is 11.6. The fraction of sp³-hybridized carbons (Fsp3) is 0.0968. The summed E-state index contributed by atoms with van der Waals surface area (Å²) >= 11 is 5.46. The van der Waals surface area contributed by atoms with Crippen molar-refractivity contribution >= 4 is 35.0 Å². The first kappa shape index (κ1) is 27.5. The van der Waals surface area contributed by atoms with Crippen LogP contribution in [-0.2, 0) is 4.74 Å². The number of amides is 1. The topological polar surface area (TPSA) is 90.2 Å². The van der Waals surface area contributed by atoms with Crippen LogP contribution in [0.1, 0.15) is 32.1 Å². The fourth-order valence-corrected chi connectivity index (χ4v) is 4.79. The van der Waals surface area contributed by atoms with Gasteiger partial charge < -0.3 is 14.6 Å². The van der Waals surface area contributed by atoms with Crippen LogP contribution >= 0.6 is 12.2 Å². The Kier molecular flexibility index (Phi) is 7.75. The molecule has 5 aromatic rings. The van der Waals surface area contributed by atoms with Crippen molar-refractivity contribution in [3.05, 3.63) is 119 Å². The average molecular weight is 568 g/mol. The Bertz CT molecular complexity index is 1760. The Morgan fingerprint density at radius 2 is 1.56 bits per heavy atom. The second-order valence-electron chi connectivity index (χ2n) is 9.21. The summed E-state index contributed by atoms with van der Waals surface area (Å²) in [7, 11) is 1.29. The van der Waals surface area contributed by atoms with Crippen molar-refractivity contribution in [2.45, 2.75) is 13.8 Å². The Morgan fingerprint density at radius 3 is 2.24 bits per heavy atom. The van der Waals surface area contributed by atoms with E-state index in [9.17, 15) is 14.0 Å². The number of esters is 1. The number of hydrogen-bond acceptors (Lipinski definition) is 5. The maximum absolute atomic E-state index is 14.7. The fourth-order valence-electron chi connectivity index (χ4n) is 4.59. The van der Waals surface area contributed by atoms with E-state index in [1.54, 1.807) is 22.9 Å². The number of carbonyl (C=O) groups excluding carboxylic acids is 2. The van der Waals surface area contributed by atoms with E-state index in [1.807, 2.05) is 60.9 Å². The third-order valence-electron chi connectivity index (χ3n) is 6.55. The molecule has 41 heavy (non-hydrogen) atoms. The van der Waals surface area contributed by atoms with Crippen molar-refractivity contribution in [2.75, 3.05) is 12.4 Å². The number of rotatable bonds is 6. The summed E-state index contributed by atoms with van der Waals surface area (Å²) in [5, 5.41) is 10.6. The number of thiocarbonyl (C=S) groups is 1. The Morgan fingerprint density at radius 1 is 0.902 bits per heavy atom. The van der Waals surface area contributed by atoms with Crippen molar-refractivity contribution in [3.8, 4) is 22.6 Å². The van der Waals surface area contributed by atoms with E-state index in [-0.39, 0.29) is 10.9 Å². The smallest absolute Gasteiger partial charge is 0.337 e. The van der Waals surface area contributed by atoms with Crippen LogP contribution in [0.25, 0.3) is 22.6 Å². The highest BCUT2D eigenvalue weighted by atomic mass is 32.1. The first-order valence-corrected chi connectivity index (χ1v) is 13.1. The number of ether oxygens (including phenoxy) is 1. The minimum absolute atomic E-state index is 0.0625. The van der Waals surface area contributed by atoms with E-state index < -0.39 is 11.9 Å². The predicted molar refractivity (Wildman–Crippen MR) is 159 cm³/mol. The largest absolute Gasteiger partial charge is 0.465 e. The number of methoxy groups -OCH3 is 1. The van der Waals surface area contributed by atoms with Gasteiger partial charge in [0, 0.05) is 28.6 Å². The summed E-state index contributed by atoms with van der Waals surface area (Å²) in [6.07, 6.45) is 0. The first-order valence-electron chi connectivity index (χ1n) is 12.7. The van der Waals surface area contributed by atoms with Gasteiger partial charge in [0.2, 0.25) is 0 Å². The third kappa shape index (κ3) is 5.64. The number of halogens is 1. The predicted octanol–water partition coefficient (Wildman–Crippen LogP) is 6.00. The molecular formula is C31H26FN5O3S. The summed E-state index contributed by atoms with van der Waals surface area (Å²) in [6.45, 7) is 3.83. The maximum Gasteiger partial charge on any atom is 0.337 e. The normalized spacial score (nSPS) is 10.7. The number of aromatic nitrogens is 3. The second-order valence-corrected chi connectivity index (χ2v) is 9.62. The number of carbonyl (C=O) groups is 2. The summed E-state index contributed by atoms with van der Waals surface area (Å²) in [4.78, 5) is 24.5. The van der Waals surface area contributed by atoms with Crippen LogP contribution in [0.4, 0.5) is 10.2 Å². The van der Waals surface area contributed by atoms with E-state index in [2.05, 4.69) is 10.6 Å². The summed E-state index contributed by atoms with van der Waals surface area (Å²) in [5.41, 5.74) is 5.02. The third-order valence-corrected chi connectivity index (χ3v) is 6.75. The Labute approximate surface area is 241 Å². The van der Waals surface area contributed by atoms with Gasteiger partial charge in [0.05, 0.1) is 29.7 Å². The summed E-state index contributed by atoms with van der Waals surface area (Å²) in [6, 6.07) is 25.9. The standard InChI is InChI=1S/C31H26FN5O3S/c1-19-17-24(20(2)36(19)27-12-8-7-11-25(27)32)26-18-28(37(35-26)23-9-5-4-6-10-23)33-31(41)34-29(38)21-13-15-22(16-14-21)30(39)40-3/h4-18H,1-3H3,(H2,33,34,38,41). The molecule has 0 unspecified atom stereocenters.